The van der Waals surface area contributed by atoms with E-state index in [1.165, 1.54) is 0 Å². The minimum Gasteiger partial charge on any atom is -0.338 e. The third-order valence-electron chi connectivity index (χ3n) is 3.54. The molecule has 0 radical (unpaired) electrons. The molecule has 0 aliphatic rings. The van der Waals surface area contributed by atoms with Crippen LogP contribution in [-0.4, -0.2) is 17.6 Å². The van der Waals surface area contributed by atoms with Crippen LogP contribution in [0, 0.1) is 0 Å². The highest BCUT2D eigenvalue weighted by molar-refractivity contribution is 6.30. The van der Waals surface area contributed by atoms with Gasteiger partial charge in [0.05, 0.1) is 5.69 Å². The van der Waals surface area contributed by atoms with Crippen molar-refractivity contribution in [2.75, 3.05) is 11.9 Å². The number of nitrogens with zero attached hydrogens (tertiary/aromatic N) is 1. The fraction of sp³-hybridized carbons (Fsp3) is 0.111. The topological polar surface area (TPSA) is 54.0 Å². The Kier molecular flexibility index (Phi) is 4.74. The summed E-state index contributed by atoms with van der Waals surface area (Å²) in [5.41, 5.74) is 1.90. The van der Waals surface area contributed by atoms with E-state index in [0.717, 1.165) is 28.4 Å². The highest BCUT2D eigenvalue weighted by atomic mass is 35.5. The molecule has 2 amide bonds. The summed E-state index contributed by atoms with van der Waals surface area (Å²) in [5, 5.41) is 8.41. The molecule has 0 atom stereocenters. The van der Waals surface area contributed by atoms with E-state index in [9.17, 15) is 4.79 Å². The van der Waals surface area contributed by atoms with Crippen LogP contribution in [0.15, 0.2) is 60.9 Å². The molecule has 1 heterocycles. The van der Waals surface area contributed by atoms with Crippen molar-refractivity contribution in [2.24, 2.45) is 0 Å². The standard InChI is InChI=1S/C18H16ClN3O/c19-15-6-4-13(5-7-15)8-11-21-18(23)22-17-3-1-2-14-12-20-10-9-16(14)17/h1-7,9-10,12H,8,11H2,(H2,21,22,23). The predicted molar refractivity (Wildman–Crippen MR) is 93.9 cm³/mol. The number of hydrogen-bond donors (Lipinski definition) is 2. The SMILES string of the molecule is O=C(NCCc1ccc(Cl)cc1)Nc1cccc2cnccc12. The van der Waals surface area contributed by atoms with Crippen LogP contribution in [0.4, 0.5) is 10.5 Å². The Morgan fingerprint density at radius 3 is 2.74 bits per heavy atom. The predicted octanol–water partition coefficient (Wildman–Crippen LogP) is 4.25. The minimum absolute atomic E-state index is 0.219. The Balaban J connectivity index is 1.57. The van der Waals surface area contributed by atoms with E-state index in [-0.39, 0.29) is 6.03 Å². The maximum absolute atomic E-state index is 12.0. The second-order valence-corrected chi connectivity index (χ2v) is 5.60. The summed E-state index contributed by atoms with van der Waals surface area (Å²) in [4.78, 5) is 16.1. The number of nitrogens with one attached hydrogen (secondary N) is 2. The van der Waals surface area contributed by atoms with Gasteiger partial charge in [-0.25, -0.2) is 4.79 Å². The summed E-state index contributed by atoms with van der Waals surface area (Å²) < 4.78 is 0. The van der Waals surface area contributed by atoms with Crippen LogP contribution in [0.5, 0.6) is 0 Å². The molecule has 116 valence electrons. The molecule has 0 aliphatic heterocycles. The Bertz CT molecular complexity index is 813. The summed E-state index contributed by atoms with van der Waals surface area (Å²) in [5.74, 6) is 0. The third kappa shape index (κ3) is 3.99. The lowest BCUT2D eigenvalue weighted by Gasteiger charge is -2.10. The van der Waals surface area contributed by atoms with Crippen molar-refractivity contribution < 1.29 is 4.79 Å². The number of aromatic nitrogens is 1. The van der Waals surface area contributed by atoms with Crippen LogP contribution in [0.2, 0.25) is 5.02 Å². The van der Waals surface area contributed by atoms with Gasteiger partial charge in [-0.1, -0.05) is 35.9 Å². The van der Waals surface area contributed by atoms with Gasteiger partial charge in [0.25, 0.3) is 0 Å². The van der Waals surface area contributed by atoms with Crippen molar-refractivity contribution in [3.8, 4) is 0 Å². The first-order valence-electron chi connectivity index (χ1n) is 7.34. The van der Waals surface area contributed by atoms with E-state index in [1.54, 1.807) is 12.4 Å². The number of fused-ring (bicyclic) bond motifs is 1. The first-order valence-corrected chi connectivity index (χ1v) is 7.72. The van der Waals surface area contributed by atoms with Gasteiger partial charge in [0.15, 0.2) is 0 Å². The number of rotatable bonds is 4. The Morgan fingerprint density at radius 2 is 1.91 bits per heavy atom. The lowest BCUT2D eigenvalue weighted by molar-refractivity contribution is 0.252. The minimum atomic E-state index is -0.219. The number of benzene rings is 2. The fourth-order valence-electron chi connectivity index (χ4n) is 2.37. The molecule has 0 spiro atoms. The molecule has 3 aromatic rings. The number of pyridine rings is 1. The Morgan fingerprint density at radius 1 is 1.09 bits per heavy atom. The molecule has 0 bridgehead atoms. The van der Waals surface area contributed by atoms with Gasteiger partial charge in [0.1, 0.15) is 0 Å². The summed E-state index contributed by atoms with van der Waals surface area (Å²) >= 11 is 5.85. The number of urea groups is 1. The fourth-order valence-corrected chi connectivity index (χ4v) is 2.50. The van der Waals surface area contributed by atoms with Crippen LogP contribution in [-0.2, 0) is 6.42 Å². The van der Waals surface area contributed by atoms with E-state index in [4.69, 9.17) is 11.6 Å². The largest absolute Gasteiger partial charge is 0.338 e. The maximum Gasteiger partial charge on any atom is 0.319 e. The lowest BCUT2D eigenvalue weighted by Crippen LogP contribution is -2.30. The number of carbonyl (C=O) groups is 1. The zero-order valence-corrected chi connectivity index (χ0v) is 13.2. The normalized spacial score (nSPS) is 10.5. The van der Waals surface area contributed by atoms with Crippen molar-refractivity contribution in [2.45, 2.75) is 6.42 Å². The highest BCUT2D eigenvalue weighted by Crippen LogP contribution is 2.21. The zero-order chi connectivity index (χ0) is 16.1. The molecule has 0 fully saturated rings. The molecule has 1 aromatic heterocycles. The lowest BCUT2D eigenvalue weighted by atomic mass is 10.1. The van der Waals surface area contributed by atoms with Gasteiger partial charge in [-0.15, -0.1) is 0 Å². The first kappa shape index (κ1) is 15.3. The van der Waals surface area contributed by atoms with Gasteiger partial charge >= 0.3 is 6.03 Å². The second-order valence-electron chi connectivity index (χ2n) is 5.16. The van der Waals surface area contributed by atoms with Crippen molar-refractivity contribution in [1.82, 2.24) is 10.3 Å². The quantitative estimate of drug-likeness (QED) is 0.753. The van der Waals surface area contributed by atoms with Crippen LogP contribution in [0.3, 0.4) is 0 Å². The van der Waals surface area contributed by atoms with E-state index >= 15 is 0 Å². The molecular weight excluding hydrogens is 310 g/mol. The number of hydrogen-bond acceptors (Lipinski definition) is 2. The molecule has 2 aromatic carbocycles. The van der Waals surface area contributed by atoms with Gasteiger partial charge < -0.3 is 10.6 Å². The van der Waals surface area contributed by atoms with Gasteiger partial charge in [-0.2, -0.15) is 0 Å². The zero-order valence-electron chi connectivity index (χ0n) is 12.4. The number of halogens is 1. The highest BCUT2D eigenvalue weighted by Gasteiger charge is 2.05. The maximum atomic E-state index is 12.0. The second kappa shape index (κ2) is 7.11. The molecule has 0 saturated heterocycles. The summed E-state index contributed by atoms with van der Waals surface area (Å²) in [6.07, 6.45) is 4.24. The van der Waals surface area contributed by atoms with E-state index in [1.807, 2.05) is 48.5 Å². The van der Waals surface area contributed by atoms with E-state index < -0.39 is 0 Å². The Hall–Kier alpha value is -2.59. The molecule has 23 heavy (non-hydrogen) atoms. The van der Waals surface area contributed by atoms with Crippen molar-refractivity contribution in [3.05, 3.63) is 71.5 Å². The molecule has 3 rings (SSSR count). The van der Waals surface area contributed by atoms with Crippen LogP contribution in [0.1, 0.15) is 5.56 Å². The van der Waals surface area contributed by atoms with Gasteiger partial charge in [0, 0.05) is 34.7 Å². The van der Waals surface area contributed by atoms with Crippen LogP contribution >= 0.6 is 11.6 Å². The van der Waals surface area contributed by atoms with Crippen LogP contribution in [0.25, 0.3) is 10.8 Å². The van der Waals surface area contributed by atoms with Crippen molar-refractivity contribution >= 4 is 34.1 Å². The molecule has 0 unspecified atom stereocenters. The molecule has 4 nitrogen and oxygen atoms in total. The van der Waals surface area contributed by atoms with Gasteiger partial charge in [-0.05, 0) is 36.2 Å². The molecule has 0 aliphatic carbocycles. The summed E-state index contributed by atoms with van der Waals surface area (Å²) in [7, 11) is 0. The molecule has 0 saturated carbocycles. The van der Waals surface area contributed by atoms with Gasteiger partial charge in [-0.3, -0.25) is 4.98 Å². The third-order valence-corrected chi connectivity index (χ3v) is 3.79. The molecule has 2 N–H and O–H groups in total. The first-order chi connectivity index (χ1) is 11.2. The van der Waals surface area contributed by atoms with Crippen LogP contribution < -0.4 is 10.6 Å². The van der Waals surface area contributed by atoms with Crippen molar-refractivity contribution in [3.63, 3.8) is 0 Å². The van der Waals surface area contributed by atoms with E-state index in [2.05, 4.69) is 15.6 Å². The Labute approximate surface area is 139 Å². The van der Waals surface area contributed by atoms with E-state index in [0.29, 0.717) is 11.6 Å². The van der Waals surface area contributed by atoms with Crippen molar-refractivity contribution in [1.29, 1.82) is 0 Å². The summed E-state index contributed by atoms with van der Waals surface area (Å²) in [6.45, 7) is 0.555. The monoisotopic (exact) mass is 325 g/mol. The average Bonchev–Trinajstić information content (AvgIpc) is 2.57. The number of anilines is 1. The molecule has 5 heteroatoms. The number of carbonyl (C=O) groups excluding carboxylic acids is 1. The smallest absolute Gasteiger partial charge is 0.319 e. The van der Waals surface area contributed by atoms with Gasteiger partial charge in [0.2, 0.25) is 0 Å². The average molecular weight is 326 g/mol. The summed E-state index contributed by atoms with van der Waals surface area (Å²) in [6, 6.07) is 15.0. The molecular formula is C18H16ClN3O. The number of amides is 2.